The molecule has 0 heterocycles. The van der Waals surface area contributed by atoms with E-state index in [2.05, 4.69) is 5.32 Å². The van der Waals surface area contributed by atoms with Crippen molar-refractivity contribution in [3.8, 4) is 0 Å². The minimum atomic E-state index is -0.988. The van der Waals surface area contributed by atoms with Gasteiger partial charge in [-0.05, 0) is 26.2 Å². The molecule has 0 radical (unpaired) electrons. The lowest BCUT2D eigenvalue weighted by molar-refractivity contribution is -0.129. The molecule has 0 aromatic carbocycles. The summed E-state index contributed by atoms with van der Waals surface area (Å²) in [6.45, 7) is 1.41. The fraction of sp³-hybridized carbons (Fsp3) is 0.875. The fourth-order valence-corrected chi connectivity index (χ4v) is 1.41. The number of nitrogens with one attached hydrogen (secondary N) is 1. The summed E-state index contributed by atoms with van der Waals surface area (Å²) in [6.07, 6.45) is 1.06. The lowest BCUT2D eigenvalue weighted by Gasteiger charge is -2.17. The molecule has 70 valence electrons. The Morgan fingerprint density at radius 3 is 2.67 bits per heavy atom. The van der Waals surface area contributed by atoms with Crippen LogP contribution in [0.25, 0.3) is 0 Å². The molecule has 1 saturated carbocycles. The maximum absolute atomic E-state index is 11.0. The summed E-state index contributed by atoms with van der Waals surface area (Å²) in [6, 6.07) is -0.160. The molecule has 1 aliphatic carbocycles. The summed E-state index contributed by atoms with van der Waals surface area (Å²) in [5.74, 6) is -0.402. The van der Waals surface area contributed by atoms with Crippen molar-refractivity contribution in [2.75, 3.05) is 0 Å². The third-order valence-electron chi connectivity index (χ3n) is 2.19. The summed E-state index contributed by atoms with van der Waals surface area (Å²) >= 11 is 0. The first-order valence-corrected chi connectivity index (χ1v) is 4.28. The minimum Gasteiger partial charge on any atom is -0.391 e. The van der Waals surface area contributed by atoms with E-state index < -0.39 is 18.1 Å². The van der Waals surface area contributed by atoms with Crippen LogP contribution in [0.3, 0.4) is 0 Å². The molecule has 1 aliphatic rings. The number of hydrogen-bond acceptors (Lipinski definition) is 3. The van der Waals surface area contributed by atoms with Crippen molar-refractivity contribution in [1.29, 1.82) is 0 Å². The minimum absolute atomic E-state index is 0.160. The molecule has 1 rings (SSSR count). The molecule has 3 atom stereocenters. The van der Waals surface area contributed by atoms with E-state index in [9.17, 15) is 9.90 Å². The predicted molar refractivity (Wildman–Crippen MR) is 43.5 cm³/mol. The zero-order valence-corrected chi connectivity index (χ0v) is 7.16. The highest BCUT2D eigenvalue weighted by Crippen LogP contribution is 2.18. The SMILES string of the molecule is CC(O)C(=O)N[C@H]1CCC[C@@H]1O. The van der Waals surface area contributed by atoms with Gasteiger partial charge >= 0.3 is 0 Å². The van der Waals surface area contributed by atoms with Gasteiger partial charge in [-0.25, -0.2) is 0 Å². The number of aliphatic hydroxyl groups excluding tert-OH is 2. The van der Waals surface area contributed by atoms with Crippen molar-refractivity contribution in [3.63, 3.8) is 0 Å². The van der Waals surface area contributed by atoms with Gasteiger partial charge < -0.3 is 15.5 Å². The largest absolute Gasteiger partial charge is 0.391 e. The van der Waals surface area contributed by atoms with Crippen LogP contribution < -0.4 is 5.32 Å². The normalized spacial score (nSPS) is 31.6. The highest BCUT2D eigenvalue weighted by atomic mass is 16.3. The molecule has 0 aromatic heterocycles. The van der Waals surface area contributed by atoms with Crippen LogP contribution in [0.15, 0.2) is 0 Å². The van der Waals surface area contributed by atoms with Gasteiger partial charge in [-0.1, -0.05) is 0 Å². The van der Waals surface area contributed by atoms with Crippen LogP contribution in [0.2, 0.25) is 0 Å². The van der Waals surface area contributed by atoms with Crippen LogP contribution in [0.1, 0.15) is 26.2 Å². The lowest BCUT2D eigenvalue weighted by atomic mass is 10.2. The summed E-state index contributed by atoms with van der Waals surface area (Å²) in [5.41, 5.74) is 0. The first kappa shape index (κ1) is 9.48. The van der Waals surface area contributed by atoms with Gasteiger partial charge in [0.2, 0.25) is 5.91 Å². The molecule has 1 unspecified atom stereocenters. The molecule has 12 heavy (non-hydrogen) atoms. The Hall–Kier alpha value is -0.610. The van der Waals surface area contributed by atoms with E-state index in [-0.39, 0.29) is 6.04 Å². The smallest absolute Gasteiger partial charge is 0.248 e. The average Bonchev–Trinajstić information content (AvgIpc) is 2.36. The Morgan fingerprint density at radius 2 is 2.25 bits per heavy atom. The van der Waals surface area contributed by atoms with E-state index in [0.29, 0.717) is 0 Å². The molecule has 0 aliphatic heterocycles. The van der Waals surface area contributed by atoms with Crippen molar-refractivity contribution in [2.24, 2.45) is 0 Å². The second-order valence-corrected chi connectivity index (χ2v) is 3.29. The van der Waals surface area contributed by atoms with E-state index in [1.807, 2.05) is 0 Å². The van der Waals surface area contributed by atoms with E-state index in [4.69, 9.17) is 5.11 Å². The van der Waals surface area contributed by atoms with Gasteiger partial charge in [0, 0.05) is 0 Å². The summed E-state index contributed by atoms with van der Waals surface area (Å²) < 4.78 is 0. The van der Waals surface area contributed by atoms with Crippen LogP contribution >= 0.6 is 0 Å². The van der Waals surface area contributed by atoms with E-state index in [1.165, 1.54) is 6.92 Å². The standard InChI is InChI=1S/C8H15NO3/c1-5(10)8(12)9-6-3-2-4-7(6)11/h5-7,10-11H,2-4H2,1H3,(H,9,12)/t5?,6-,7-/m0/s1. The van der Waals surface area contributed by atoms with Gasteiger partial charge in [0.25, 0.3) is 0 Å². The molecule has 3 N–H and O–H groups in total. The zero-order valence-electron chi connectivity index (χ0n) is 7.16. The molecule has 4 heteroatoms. The monoisotopic (exact) mass is 173 g/mol. The van der Waals surface area contributed by atoms with Crippen LogP contribution in [0.5, 0.6) is 0 Å². The Labute approximate surface area is 71.6 Å². The molecule has 0 saturated heterocycles. The van der Waals surface area contributed by atoms with Crippen molar-refractivity contribution in [2.45, 2.75) is 44.4 Å². The molecular formula is C8H15NO3. The summed E-state index contributed by atoms with van der Waals surface area (Å²) in [5, 5.41) is 20.8. The third-order valence-corrected chi connectivity index (χ3v) is 2.19. The van der Waals surface area contributed by atoms with E-state index in [1.54, 1.807) is 0 Å². The molecule has 4 nitrogen and oxygen atoms in total. The van der Waals surface area contributed by atoms with Crippen LogP contribution in [-0.2, 0) is 4.79 Å². The zero-order chi connectivity index (χ0) is 9.14. The molecule has 0 aromatic rings. The first-order chi connectivity index (χ1) is 5.61. The highest BCUT2D eigenvalue weighted by molar-refractivity contribution is 5.80. The highest BCUT2D eigenvalue weighted by Gasteiger charge is 2.27. The topological polar surface area (TPSA) is 69.6 Å². The van der Waals surface area contributed by atoms with Gasteiger partial charge in [-0.15, -0.1) is 0 Å². The van der Waals surface area contributed by atoms with Crippen molar-refractivity contribution in [3.05, 3.63) is 0 Å². The summed E-state index contributed by atoms with van der Waals surface area (Å²) in [4.78, 5) is 11.0. The number of carbonyl (C=O) groups is 1. The van der Waals surface area contributed by atoms with Crippen molar-refractivity contribution >= 4 is 5.91 Å². The van der Waals surface area contributed by atoms with Crippen LogP contribution in [0.4, 0.5) is 0 Å². The number of carbonyl (C=O) groups excluding carboxylic acids is 1. The maximum Gasteiger partial charge on any atom is 0.248 e. The number of amides is 1. The lowest BCUT2D eigenvalue weighted by Crippen LogP contribution is -2.43. The number of hydrogen-bond donors (Lipinski definition) is 3. The summed E-state index contributed by atoms with van der Waals surface area (Å²) in [7, 11) is 0. The molecule has 1 fully saturated rings. The Bertz CT molecular complexity index is 170. The second kappa shape index (κ2) is 3.87. The average molecular weight is 173 g/mol. The fourth-order valence-electron chi connectivity index (χ4n) is 1.41. The number of aliphatic hydroxyl groups is 2. The van der Waals surface area contributed by atoms with E-state index >= 15 is 0 Å². The molecule has 0 bridgehead atoms. The van der Waals surface area contributed by atoms with Gasteiger partial charge in [0.15, 0.2) is 0 Å². The van der Waals surface area contributed by atoms with Gasteiger partial charge in [-0.2, -0.15) is 0 Å². The molecular weight excluding hydrogens is 158 g/mol. The molecule has 1 amide bonds. The first-order valence-electron chi connectivity index (χ1n) is 4.28. The maximum atomic E-state index is 11.0. The third kappa shape index (κ3) is 2.19. The Morgan fingerprint density at radius 1 is 1.58 bits per heavy atom. The van der Waals surface area contributed by atoms with Crippen molar-refractivity contribution in [1.82, 2.24) is 5.32 Å². The van der Waals surface area contributed by atoms with Gasteiger partial charge in [-0.3, -0.25) is 4.79 Å². The second-order valence-electron chi connectivity index (χ2n) is 3.29. The van der Waals surface area contributed by atoms with Gasteiger partial charge in [0.05, 0.1) is 12.1 Å². The van der Waals surface area contributed by atoms with Gasteiger partial charge in [0.1, 0.15) is 6.10 Å². The van der Waals surface area contributed by atoms with E-state index in [0.717, 1.165) is 19.3 Å². The predicted octanol–water partition coefficient (Wildman–Crippen LogP) is -0.603. The Balaban J connectivity index is 2.35. The number of rotatable bonds is 2. The van der Waals surface area contributed by atoms with Crippen LogP contribution in [-0.4, -0.2) is 34.4 Å². The molecule has 0 spiro atoms. The van der Waals surface area contributed by atoms with Crippen LogP contribution in [0, 0.1) is 0 Å². The Kier molecular flexibility index (Phi) is 3.05. The quantitative estimate of drug-likeness (QED) is 0.522. The van der Waals surface area contributed by atoms with Crippen molar-refractivity contribution < 1.29 is 15.0 Å².